The Bertz CT molecular complexity index is 328. The monoisotopic (exact) mass is 289 g/mol. The molecule has 1 aromatic heterocycles. The van der Waals surface area contributed by atoms with E-state index in [9.17, 15) is 5.11 Å². The number of rotatable bonds is 3. The van der Waals surface area contributed by atoms with Gasteiger partial charge in [-0.2, -0.15) is 0 Å². The highest BCUT2D eigenvalue weighted by Crippen LogP contribution is 2.27. The predicted molar refractivity (Wildman–Crippen MR) is 67.1 cm³/mol. The molecule has 1 aliphatic rings. The number of halogens is 1. The molecule has 0 aromatic carbocycles. The number of thiophene rings is 1. The number of hydrogen-bond donors (Lipinski definition) is 1. The van der Waals surface area contributed by atoms with Gasteiger partial charge < -0.3 is 5.11 Å². The van der Waals surface area contributed by atoms with Crippen molar-refractivity contribution in [2.45, 2.75) is 25.9 Å². The Morgan fingerprint density at radius 1 is 1.67 bits per heavy atom. The Morgan fingerprint density at radius 2 is 2.47 bits per heavy atom. The van der Waals surface area contributed by atoms with Gasteiger partial charge in [-0.15, -0.1) is 11.3 Å². The van der Waals surface area contributed by atoms with Crippen molar-refractivity contribution in [3.63, 3.8) is 0 Å². The van der Waals surface area contributed by atoms with Gasteiger partial charge >= 0.3 is 0 Å². The van der Waals surface area contributed by atoms with Crippen molar-refractivity contribution in [1.82, 2.24) is 4.90 Å². The first-order chi connectivity index (χ1) is 7.20. The van der Waals surface area contributed by atoms with Gasteiger partial charge in [0, 0.05) is 12.6 Å². The molecule has 0 saturated carbocycles. The predicted octanol–water partition coefficient (Wildman–Crippen LogP) is 2.71. The number of aliphatic hydroxyl groups excluding tert-OH is 1. The first-order valence-corrected chi connectivity index (χ1v) is 6.96. The SMILES string of the molecule is CC1CCN(Cc2csc(Br)c2)C1CO. The first-order valence-electron chi connectivity index (χ1n) is 5.28. The molecule has 2 rings (SSSR count). The lowest BCUT2D eigenvalue weighted by Gasteiger charge is -2.24. The lowest BCUT2D eigenvalue weighted by molar-refractivity contribution is 0.134. The smallest absolute Gasteiger partial charge is 0.0701 e. The van der Waals surface area contributed by atoms with Crippen molar-refractivity contribution in [3.8, 4) is 0 Å². The molecule has 0 aliphatic carbocycles. The summed E-state index contributed by atoms with van der Waals surface area (Å²) in [5.41, 5.74) is 1.35. The molecule has 1 saturated heterocycles. The minimum absolute atomic E-state index is 0.284. The molecule has 1 fully saturated rings. The summed E-state index contributed by atoms with van der Waals surface area (Å²) in [7, 11) is 0. The molecular formula is C11H16BrNOS. The average Bonchev–Trinajstić information content (AvgIpc) is 2.75. The average molecular weight is 290 g/mol. The van der Waals surface area contributed by atoms with Crippen molar-refractivity contribution in [2.24, 2.45) is 5.92 Å². The first kappa shape index (κ1) is 11.6. The quantitative estimate of drug-likeness (QED) is 0.925. The van der Waals surface area contributed by atoms with E-state index in [-0.39, 0.29) is 6.61 Å². The molecule has 1 aromatic rings. The van der Waals surface area contributed by atoms with Crippen LogP contribution in [-0.4, -0.2) is 29.2 Å². The van der Waals surface area contributed by atoms with Crippen LogP contribution in [0, 0.1) is 5.92 Å². The van der Waals surface area contributed by atoms with E-state index in [1.165, 1.54) is 15.8 Å². The third-order valence-electron chi connectivity index (χ3n) is 3.19. The lowest BCUT2D eigenvalue weighted by atomic mass is 10.0. The number of likely N-dealkylation sites (tertiary alicyclic amines) is 1. The summed E-state index contributed by atoms with van der Waals surface area (Å²) in [5, 5.41) is 11.5. The normalized spacial score (nSPS) is 27.4. The molecule has 0 spiro atoms. The van der Waals surface area contributed by atoms with E-state index in [4.69, 9.17) is 0 Å². The zero-order valence-corrected chi connectivity index (χ0v) is 11.2. The molecule has 0 radical (unpaired) electrons. The molecule has 84 valence electrons. The summed E-state index contributed by atoms with van der Waals surface area (Å²) in [5.74, 6) is 0.622. The second-order valence-electron chi connectivity index (χ2n) is 4.25. The van der Waals surface area contributed by atoms with Gasteiger partial charge in [0.1, 0.15) is 0 Å². The Hall–Kier alpha value is 0.1000. The summed E-state index contributed by atoms with van der Waals surface area (Å²) < 4.78 is 1.19. The van der Waals surface area contributed by atoms with Crippen LogP contribution in [0.1, 0.15) is 18.9 Å². The zero-order valence-electron chi connectivity index (χ0n) is 8.82. The van der Waals surface area contributed by atoms with Crippen molar-refractivity contribution in [3.05, 3.63) is 20.8 Å². The van der Waals surface area contributed by atoms with Crippen molar-refractivity contribution in [2.75, 3.05) is 13.2 Å². The summed E-state index contributed by atoms with van der Waals surface area (Å²) in [4.78, 5) is 2.39. The van der Waals surface area contributed by atoms with Gasteiger partial charge in [0.15, 0.2) is 0 Å². The third kappa shape index (κ3) is 2.61. The molecule has 15 heavy (non-hydrogen) atoms. The summed E-state index contributed by atoms with van der Waals surface area (Å²) in [6, 6.07) is 2.52. The Labute approximate surface area is 103 Å². The maximum absolute atomic E-state index is 9.34. The highest BCUT2D eigenvalue weighted by Gasteiger charge is 2.30. The summed E-state index contributed by atoms with van der Waals surface area (Å²) in [6.45, 7) is 4.59. The number of nitrogens with zero attached hydrogens (tertiary/aromatic N) is 1. The van der Waals surface area contributed by atoms with E-state index in [2.05, 4.69) is 39.2 Å². The Morgan fingerprint density at radius 3 is 3.07 bits per heavy atom. The van der Waals surface area contributed by atoms with Gasteiger partial charge in [-0.25, -0.2) is 0 Å². The van der Waals surface area contributed by atoms with Crippen LogP contribution in [0.25, 0.3) is 0 Å². The minimum Gasteiger partial charge on any atom is -0.395 e. The van der Waals surface area contributed by atoms with Crippen LogP contribution in [0.3, 0.4) is 0 Å². The van der Waals surface area contributed by atoms with Crippen LogP contribution < -0.4 is 0 Å². The molecular weight excluding hydrogens is 274 g/mol. The molecule has 2 unspecified atom stereocenters. The van der Waals surface area contributed by atoms with Crippen LogP contribution in [0.5, 0.6) is 0 Å². The van der Waals surface area contributed by atoms with Crippen LogP contribution in [0.2, 0.25) is 0 Å². The molecule has 2 atom stereocenters. The highest BCUT2D eigenvalue weighted by atomic mass is 79.9. The maximum Gasteiger partial charge on any atom is 0.0701 e. The van der Waals surface area contributed by atoms with Crippen LogP contribution in [0.15, 0.2) is 15.2 Å². The van der Waals surface area contributed by atoms with Crippen molar-refractivity contribution >= 4 is 27.3 Å². The van der Waals surface area contributed by atoms with Gasteiger partial charge in [0.25, 0.3) is 0 Å². The molecule has 2 heterocycles. The summed E-state index contributed by atoms with van der Waals surface area (Å²) in [6.07, 6.45) is 1.20. The third-order valence-corrected chi connectivity index (χ3v) is 4.75. The van der Waals surface area contributed by atoms with Gasteiger partial charge in [0.05, 0.1) is 10.4 Å². The zero-order chi connectivity index (χ0) is 10.8. The van der Waals surface area contributed by atoms with Crippen molar-refractivity contribution < 1.29 is 5.11 Å². The molecule has 2 nitrogen and oxygen atoms in total. The molecule has 0 amide bonds. The second kappa shape index (κ2) is 4.95. The fraction of sp³-hybridized carbons (Fsp3) is 0.636. The second-order valence-corrected chi connectivity index (χ2v) is 6.54. The Balaban J connectivity index is 2.00. The molecule has 4 heteroatoms. The highest BCUT2D eigenvalue weighted by molar-refractivity contribution is 9.11. The van der Waals surface area contributed by atoms with Gasteiger partial charge in [-0.05, 0) is 51.8 Å². The van der Waals surface area contributed by atoms with E-state index >= 15 is 0 Å². The van der Waals surface area contributed by atoms with E-state index in [1.807, 2.05) is 0 Å². The minimum atomic E-state index is 0.284. The Kier molecular flexibility index (Phi) is 3.83. The fourth-order valence-corrected chi connectivity index (χ4v) is 3.44. The molecule has 0 bridgehead atoms. The van der Waals surface area contributed by atoms with Crippen LogP contribution in [0.4, 0.5) is 0 Å². The van der Waals surface area contributed by atoms with Crippen LogP contribution >= 0.6 is 27.3 Å². The number of hydrogen-bond acceptors (Lipinski definition) is 3. The van der Waals surface area contributed by atoms with Gasteiger partial charge in [-0.3, -0.25) is 4.90 Å². The van der Waals surface area contributed by atoms with E-state index < -0.39 is 0 Å². The summed E-state index contributed by atoms with van der Waals surface area (Å²) >= 11 is 5.20. The fourth-order valence-electron chi connectivity index (χ4n) is 2.24. The van der Waals surface area contributed by atoms with E-state index in [0.717, 1.165) is 13.1 Å². The topological polar surface area (TPSA) is 23.5 Å². The van der Waals surface area contributed by atoms with Crippen molar-refractivity contribution in [1.29, 1.82) is 0 Å². The molecule has 1 N–H and O–H groups in total. The van der Waals surface area contributed by atoms with E-state index in [0.29, 0.717) is 12.0 Å². The lowest BCUT2D eigenvalue weighted by Crippen LogP contribution is -2.34. The van der Waals surface area contributed by atoms with Crippen LogP contribution in [-0.2, 0) is 6.54 Å². The maximum atomic E-state index is 9.34. The molecule has 1 aliphatic heterocycles. The van der Waals surface area contributed by atoms with Gasteiger partial charge in [0.2, 0.25) is 0 Å². The standard InChI is InChI=1S/C11H16BrNOS/c1-8-2-3-13(10(8)6-14)5-9-4-11(12)15-7-9/h4,7-8,10,14H,2-3,5-6H2,1H3. The van der Waals surface area contributed by atoms with Gasteiger partial charge in [-0.1, -0.05) is 6.92 Å². The largest absolute Gasteiger partial charge is 0.395 e. The number of aliphatic hydroxyl groups is 1. The van der Waals surface area contributed by atoms with E-state index in [1.54, 1.807) is 11.3 Å².